The lowest BCUT2D eigenvalue weighted by atomic mass is 10.1. The minimum Gasteiger partial charge on any atom is -0.457 e. The average molecular weight is 460 g/mol. The fourth-order valence-corrected chi connectivity index (χ4v) is 3.34. The smallest absolute Gasteiger partial charge is 0.457 e. The molecule has 2 aromatic carbocycles. The lowest BCUT2D eigenvalue weighted by molar-refractivity contribution is -0.274. The molecular weight excluding hydrogens is 437 g/mol. The summed E-state index contributed by atoms with van der Waals surface area (Å²) < 4.78 is 58.0. The summed E-state index contributed by atoms with van der Waals surface area (Å²) in [5.74, 6) is 0.499. The summed E-state index contributed by atoms with van der Waals surface area (Å²) in [4.78, 5) is 9.32. The van der Waals surface area contributed by atoms with E-state index in [1.54, 1.807) is 12.1 Å². The van der Waals surface area contributed by atoms with Gasteiger partial charge in [-0.1, -0.05) is 6.92 Å². The van der Waals surface area contributed by atoms with Gasteiger partial charge in [0.15, 0.2) is 11.6 Å². The number of aromatic nitrogens is 2. The Morgan fingerprint density at radius 1 is 0.970 bits per heavy atom. The van der Waals surface area contributed by atoms with Crippen LogP contribution in [0.1, 0.15) is 38.3 Å². The predicted molar refractivity (Wildman–Crippen MR) is 114 cm³/mol. The molecule has 1 saturated heterocycles. The molecule has 174 valence electrons. The quantitative estimate of drug-likeness (QED) is 0.435. The minimum absolute atomic E-state index is 0.265. The Labute approximate surface area is 189 Å². The van der Waals surface area contributed by atoms with Crippen molar-refractivity contribution in [1.29, 1.82) is 0 Å². The molecule has 0 unspecified atom stereocenters. The van der Waals surface area contributed by atoms with Crippen LogP contribution in [0.2, 0.25) is 0 Å². The van der Waals surface area contributed by atoms with E-state index in [0.29, 0.717) is 23.9 Å². The van der Waals surface area contributed by atoms with Gasteiger partial charge in [0.2, 0.25) is 0 Å². The second-order valence-electron chi connectivity index (χ2n) is 7.92. The minimum atomic E-state index is -4.73. The normalized spacial score (nSPS) is 17.7. The van der Waals surface area contributed by atoms with E-state index in [2.05, 4.69) is 14.7 Å². The second-order valence-corrected chi connectivity index (χ2v) is 7.92. The lowest BCUT2D eigenvalue weighted by Crippen LogP contribution is -2.20. The number of hydrogen-bond acceptors (Lipinski definition) is 6. The molecule has 0 amide bonds. The predicted octanol–water partition coefficient (Wildman–Crippen LogP) is 6.22. The SMILES string of the molecule is CCc1cc([C@H]2COC(C)(C)O2)nc(-c2ccc(Oc3ccc(OC(F)(F)F)cc3)cc2)n1. The molecule has 2 heterocycles. The molecule has 0 N–H and O–H groups in total. The van der Waals surface area contributed by atoms with Crippen LogP contribution in [0.4, 0.5) is 13.2 Å². The molecule has 1 fully saturated rings. The van der Waals surface area contributed by atoms with Crippen LogP contribution in [0, 0.1) is 0 Å². The molecule has 1 aliphatic rings. The van der Waals surface area contributed by atoms with Crippen LogP contribution >= 0.6 is 0 Å². The standard InChI is InChI=1S/C24H23F3N2O4/c1-4-16-13-20(21-14-30-23(2,3)33-21)29-22(28-16)15-5-7-17(8-6-15)31-18-9-11-19(12-10-18)32-24(25,26)27/h5-13,21H,4,14H2,1-3H3/t21-/m1/s1. The van der Waals surface area contributed by atoms with Crippen LogP contribution in [0.5, 0.6) is 17.2 Å². The van der Waals surface area contributed by atoms with Crippen molar-refractivity contribution in [1.82, 2.24) is 9.97 Å². The van der Waals surface area contributed by atoms with Crippen molar-refractivity contribution in [3.8, 4) is 28.6 Å². The largest absolute Gasteiger partial charge is 0.573 e. The van der Waals surface area contributed by atoms with Crippen LogP contribution in [-0.2, 0) is 15.9 Å². The summed E-state index contributed by atoms with van der Waals surface area (Å²) in [7, 11) is 0. The number of alkyl halides is 3. The third-order valence-corrected chi connectivity index (χ3v) is 4.91. The lowest BCUT2D eigenvalue weighted by Gasteiger charge is -2.17. The number of nitrogens with zero attached hydrogens (tertiary/aromatic N) is 2. The van der Waals surface area contributed by atoms with Gasteiger partial charge >= 0.3 is 6.36 Å². The maximum atomic E-state index is 12.3. The van der Waals surface area contributed by atoms with Crippen LogP contribution in [-0.4, -0.2) is 28.7 Å². The highest BCUT2D eigenvalue weighted by molar-refractivity contribution is 5.57. The van der Waals surface area contributed by atoms with Gasteiger partial charge in [-0.15, -0.1) is 13.2 Å². The molecule has 9 heteroatoms. The van der Waals surface area contributed by atoms with Gasteiger partial charge in [0.1, 0.15) is 23.4 Å². The van der Waals surface area contributed by atoms with Gasteiger partial charge in [0.25, 0.3) is 0 Å². The Bertz CT molecular complexity index is 1100. The Kier molecular flexibility index (Phi) is 6.27. The van der Waals surface area contributed by atoms with Gasteiger partial charge in [-0.25, -0.2) is 9.97 Å². The van der Waals surface area contributed by atoms with Crippen molar-refractivity contribution in [2.75, 3.05) is 6.61 Å². The van der Waals surface area contributed by atoms with E-state index >= 15 is 0 Å². The third kappa shape index (κ3) is 6.00. The molecule has 0 radical (unpaired) electrons. The molecule has 0 spiro atoms. The number of aryl methyl sites for hydroxylation is 1. The first-order valence-corrected chi connectivity index (χ1v) is 10.4. The van der Waals surface area contributed by atoms with Gasteiger partial charge in [0.05, 0.1) is 12.3 Å². The van der Waals surface area contributed by atoms with E-state index < -0.39 is 12.1 Å². The zero-order valence-corrected chi connectivity index (χ0v) is 18.3. The summed E-state index contributed by atoms with van der Waals surface area (Å²) in [6, 6.07) is 14.3. The van der Waals surface area contributed by atoms with Crippen LogP contribution in [0.25, 0.3) is 11.4 Å². The fraction of sp³-hybridized carbons (Fsp3) is 0.333. The first-order valence-electron chi connectivity index (χ1n) is 10.4. The number of ether oxygens (including phenoxy) is 4. The summed E-state index contributed by atoms with van der Waals surface area (Å²) in [5, 5.41) is 0. The van der Waals surface area contributed by atoms with Gasteiger partial charge in [-0.05, 0) is 74.9 Å². The van der Waals surface area contributed by atoms with E-state index in [1.807, 2.05) is 39.0 Å². The zero-order chi connectivity index (χ0) is 23.6. The Morgan fingerprint density at radius 3 is 2.12 bits per heavy atom. The number of hydrogen-bond donors (Lipinski definition) is 0. The first kappa shape index (κ1) is 23.0. The molecule has 33 heavy (non-hydrogen) atoms. The highest BCUT2D eigenvalue weighted by Crippen LogP contribution is 2.33. The van der Waals surface area contributed by atoms with Crippen LogP contribution < -0.4 is 9.47 Å². The molecule has 0 bridgehead atoms. The van der Waals surface area contributed by atoms with Crippen LogP contribution in [0.15, 0.2) is 54.6 Å². The Morgan fingerprint density at radius 2 is 1.58 bits per heavy atom. The summed E-state index contributed by atoms with van der Waals surface area (Å²) in [6.45, 7) is 6.18. The van der Waals surface area contributed by atoms with Crippen molar-refractivity contribution in [2.45, 2.75) is 45.4 Å². The number of halogens is 3. The molecule has 0 aliphatic carbocycles. The highest BCUT2D eigenvalue weighted by atomic mass is 19.4. The van der Waals surface area contributed by atoms with Gasteiger partial charge in [-0.3, -0.25) is 0 Å². The van der Waals surface area contributed by atoms with E-state index in [0.717, 1.165) is 23.4 Å². The van der Waals surface area contributed by atoms with Gasteiger partial charge < -0.3 is 18.9 Å². The zero-order valence-electron chi connectivity index (χ0n) is 18.3. The number of rotatable bonds is 6. The topological polar surface area (TPSA) is 62.7 Å². The monoisotopic (exact) mass is 460 g/mol. The van der Waals surface area contributed by atoms with Crippen molar-refractivity contribution >= 4 is 0 Å². The molecule has 0 saturated carbocycles. The van der Waals surface area contributed by atoms with Crippen molar-refractivity contribution in [3.63, 3.8) is 0 Å². The van der Waals surface area contributed by atoms with E-state index in [9.17, 15) is 13.2 Å². The maximum Gasteiger partial charge on any atom is 0.573 e. The first-order chi connectivity index (χ1) is 15.6. The Balaban J connectivity index is 1.49. The maximum absolute atomic E-state index is 12.3. The number of benzene rings is 2. The molecule has 4 rings (SSSR count). The van der Waals surface area contributed by atoms with Gasteiger partial charge in [-0.2, -0.15) is 0 Å². The van der Waals surface area contributed by atoms with Crippen LogP contribution in [0.3, 0.4) is 0 Å². The van der Waals surface area contributed by atoms with E-state index in [1.165, 1.54) is 24.3 Å². The van der Waals surface area contributed by atoms with E-state index in [-0.39, 0.29) is 11.9 Å². The summed E-state index contributed by atoms with van der Waals surface area (Å²) in [5.41, 5.74) is 2.46. The highest BCUT2D eigenvalue weighted by Gasteiger charge is 2.35. The average Bonchev–Trinajstić information content (AvgIpc) is 3.14. The second kappa shape index (κ2) is 8.99. The summed E-state index contributed by atoms with van der Waals surface area (Å²) in [6.07, 6.45) is -4.25. The van der Waals surface area contributed by atoms with Crippen molar-refractivity contribution in [2.24, 2.45) is 0 Å². The third-order valence-electron chi connectivity index (χ3n) is 4.91. The summed E-state index contributed by atoms with van der Waals surface area (Å²) >= 11 is 0. The molecule has 6 nitrogen and oxygen atoms in total. The molecule has 1 aliphatic heterocycles. The fourth-order valence-electron chi connectivity index (χ4n) is 3.34. The van der Waals surface area contributed by atoms with Gasteiger partial charge in [0, 0.05) is 11.3 Å². The van der Waals surface area contributed by atoms with E-state index in [4.69, 9.17) is 14.2 Å². The molecule has 1 aromatic heterocycles. The molecule has 3 aromatic rings. The molecule has 1 atom stereocenters. The van der Waals surface area contributed by atoms with Crippen molar-refractivity contribution < 1.29 is 32.1 Å². The Hall–Kier alpha value is -3.17. The molecular formula is C24H23F3N2O4. The van der Waals surface area contributed by atoms with Crippen molar-refractivity contribution in [3.05, 3.63) is 66.0 Å².